The van der Waals surface area contributed by atoms with Crippen LogP contribution in [0, 0.1) is 0 Å². The molecule has 0 saturated carbocycles. The Morgan fingerprint density at radius 2 is 2.14 bits per heavy atom. The molecule has 1 unspecified atom stereocenters. The van der Waals surface area contributed by atoms with Gasteiger partial charge >= 0.3 is 0 Å². The maximum Gasteiger partial charge on any atom is 0.226 e. The zero-order valence-electron chi connectivity index (χ0n) is 12.8. The third-order valence-electron chi connectivity index (χ3n) is 4.16. The number of likely N-dealkylation sites (N-methyl/N-ethyl adjacent to an activating group) is 1. The Hall–Kier alpha value is -2.34. The number of amides is 1. The number of nitrogens with one attached hydrogen (secondary N) is 1. The Morgan fingerprint density at radius 3 is 2.82 bits per heavy atom. The van der Waals surface area contributed by atoms with Crippen molar-refractivity contribution in [3.05, 3.63) is 41.6 Å². The van der Waals surface area contributed by atoms with Crippen molar-refractivity contribution in [3.63, 3.8) is 0 Å². The normalized spacial score (nSPS) is 17.0. The summed E-state index contributed by atoms with van der Waals surface area (Å²) in [7, 11) is 3.77. The highest BCUT2D eigenvalue weighted by atomic mass is 16.3. The van der Waals surface area contributed by atoms with E-state index < -0.39 is 0 Å². The second-order valence-electron chi connectivity index (χ2n) is 5.61. The van der Waals surface area contributed by atoms with Crippen LogP contribution >= 0.6 is 0 Å². The topological polar surface area (TPSA) is 70.4 Å². The number of carbonyl (C=O) groups is 1. The molecule has 6 nitrogen and oxygen atoms in total. The van der Waals surface area contributed by atoms with Gasteiger partial charge in [0.15, 0.2) is 0 Å². The number of aliphatic hydroxyl groups excluding tert-OH is 1. The molecule has 1 aromatic heterocycles. The molecule has 0 aliphatic carbocycles. The van der Waals surface area contributed by atoms with Gasteiger partial charge in [-0.15, -0.1) is 0 Å². The lowest BCUT2D eigenvalue weighted by Crippen LogP contribution is -2.24. The number of carbonyl (C=O) groups excluding carboxylic acids is 1. The molecule has 22 heavy (non-hydrogen) atoms. The molecule has 1 aromatic carbocycles. The van der Waals surface area contributed by atoms with Gasteiger partial charge in [0.2, 0.25) is 5.91 Å². The average Bonchev–Trinajstić information content (AvgIpc) is 2.88. The molecule has 1 aliphatic rings. The van der Waals surface area contributed by atoms with Gasteiger partial charge in [-0.05, 0) is 17.7 Å². The third kappa shape index (κ3) is 2.57. The fraction of sp³-hybridized carbons (Fsp3) is 0.375. The highest BCUT2D eigenvalue weighted by Crippen LogP contribution is 2.37. The lowest BCUT2D eigenvalue weighted by atomic mass is 9.87. The number of hydrogen-bond acceptors (Lipinski definition) is 4. The molecule has 1 amide bonds. The second kappa shape index (κ2) is 5.81. The Labute approximate surface area is 129 Å². The highest BCUT2D eigenvalue weighted by Gasteiger charge is 2.29. The van der Waals surface area contributed by atoms with Crippen LogP contribution in [0.4, 0.5) is 11.5 Å². The average molecular weight is 300 g/mol. The minimum atomic E-state index is 0.0163. The highest BCUT2D eigenvalue weighted by molar-refractivity contribution is 5.94. The third-order valence-corrected chi connectivity index (χ3v) is 4.16. The van der Waals surface area contributed by atoms with Crippen LogP contribution in [0.25, 0.3) is 0 Å². The molecule has 2 heterocycles. The predicted octanol–water partition coefficient (Wildman–Crippen LogP) is 1.32. The summed E-state index contributed by atoms with van der Waals surface area (Å²) in [4.78, 5) is 13.9. The first-order valence-electron chi connectivity index (χ1n) is 7.34. The van der Waals surface area contributed by atoms with Gasteiger partial charge in [0.25, 0.3) is 0 Å². The van der Waals surface area contributed by atoms with Gasteiger partial charge in [-0.3, -0.25) is 9.48 Å². The van der Waals surface area contributed by atoms with Crippen LogP contribution in [-0.2, 0) is 11.8 Å². The molecular formula is C16H20N4O2. The maximum atomic E-state index is 11.9. The summed E-state index contributed by atoms with van der Waals surface area (Å²) in [5.74, 6) is 0.833. The van der Waals surface area contributed by atoms with Gasteiger partial charge < -0.3 is 15.3 Å². The van der Waals surface area contributed by atoms with Crippen molar-refractivity contribution < 1.29 is 9.90 Å². The fourth-order valence-electron chi connectivity index (χ4n) is 2.88. The lowest BCUT2D eigenvalue weighted by molar-refractivity contribution is -0.116. The van der Waals surface area contributed by atoms with Crippen molar-refractivity contribution in [2.75, 3.05) is 30.4 Å². The number of aliphatic hydroxyl groups is 1. The van der Waals surface area contributed by atoms with Crippen LogP contribution in [0.15, 0.2) is 30.5 Å². The molecule has 0 saturated heterocycles. The molecule has 1 aliphatic heterocycles. The number of benzene rings is 1. The van der Waals surface area contributed by atoms with Gasteiger partial charge in [0.05, 0.1) is 12.8 Å². The van der Waals surface area contributed by atoms with Crippen molar-refractivity contribution in [2.24, 2.45) is 7.05 Å². The van der Waals surface area contributed by atoms with Crippen LogP contribution in [0.3, 0.4) is 0 Å². The zero-order chi connectivity index (χ0) is 15.7. The molecule has 6 heteroatoms. The van der Waals surface area contributed by atoms with E-state index >= 15 is 0 Å². The second-order valence-corrected chi connectivity index (χ2v) is 5.61. The Morgan fingerprint density at radius 1 is 1.41 bits per heavy atom. The lowest BCUT2D eigenvalue weighted by Gasteiger charge is -2.24. The van der Waals surface area contributed by atoms with Gasteiger partial charge in [-0.1, -0.05) is 12.1 Å². The van der Waals surface area contributed by atoms with Crippen molar-refractivity contribution in [3.8, 4) is 0 Å². The van der Waals surface area contributed by atoms with Crippen LogP contribution in [-0.4, -0.2) is 41.0 Å². The fourth-order valence-corrected chi connectivity index (χ4v) is 2.88. The van der Waals surface area contributed by atoms with Crippen molar-refractivity contribution in [1.29, 1.82) is 0 Å². The molecule has 2 aromatic rings. The molecule has 3 rings (SSSR count). The first kappa shape index (κ1) is 14.6. The Bertz CT molecular complexity index is 678. The minimum absolute atomic E-state index is 0.0163. The SMILES string of the molecule is CN(CCO)c1ccc(C2CC(=O)Nc3c2cnn3C)cc1. The number of fused-ring (bicyclic) bond motifs is 1. The summed E-state index contributed by atoms with van der Waals surface area (Å²) >= 11 is 0. The zero-order valence-corrected chi connectivity index (χ0v) is 12.8. The standard InChI is InChI=1S/C16H20N4O2/c1-19(7-8-21)12-5-3-11(4-6-12)13-9-15(22)18-16-14(13)10-17-20(16)2/h3-6,10,13,21H,7-9H2,1-2H3,(H,18,22). The smallest absolute Gasteiger partial charge is 0.226 e. The first-order chi connectivity index (χ1) is 10.6. The van der Waals surface area contributed by atoms with Crippen molar-refractivity contribution >= 4 is 17.4 Å². The van der Waals surface area contributed by atoms with Crippen LogP contribution in [0.5, 0.6) is 0 Å². The van der Waals surface area contributed by atoms with Crippen LogP contribution < -0.4 is 10.2 Å². The summed E-state index contributed by atoms with van der Waals surface area (Å²) < 4.78 is 1.70. The molecule has 1 atom stereocenters. The molecule has 0 fully saturated rings. The molecular weight excluding hydrogens is 280 g/mol. The van der Waals surface area contributed by atoms with E-state index in [1.165, 1.54) is 0 Å². The molecule has 0 radical (unpaired) electrons. The summed E-state index contributed by atoms with van der Waals surface area (Å²) in [5, 5.41) is 16.1. The molecule has 2 N–H and O–H groups in total. The number of hydrogen-bond donors (Lipinski definition) is 2. The quantitative estimate of drug-likeness (QED) is 0.893. The predicted molar refractivity (Wildman–Crippen MR) is 85.1 cm³/mol. The number of aromatic nitrogens is 2. The van der Waals surface area contributed by atoms with Gasteiger partial charge in [-0.25, -0.2) is 0 Å². The largest absolute Gasteiger partial charge is 0.395 e. The van der Waals surface area contributed by atoms with Gasteiger partial charge in [0, 0.05) is 44.2 Å². The van der Waals surface area contributed by atoms with Crippen molar-refractivity contribution in [1.82, 2.24) is 9.78 Å². The van der Waals surface area contributed by atoms with E-state index in [0.717, 1.165) is 22.6 Å². The number of nitrogens with zero attached hydrogens (tertiary/aromatic N) is 3. The van der Waals surface area contributed by atoms with E-state index in [4.69, 9.17) is 5.11 Å². The summed E-state index contributed by atoms with van der Waals surface area (Å²) in [6, 6.07) is 8.13. The summed E-state index contributed by atoms with van der Waals surface area (Å²) in [6.45, 7) is 0.720. The summed E-state index contributed by atoms with van der Waals surface area (Å²) in [6.07, 6.45) is 2.26. The monoisotopic (exact) mass is 300 g/mol. The number of aryl methyl sites for hydroxylation is 1. The van der Waals surface area contributed by atoms with Crippen LogP contribution in [0.2, 0.25) is 0 Å². The van der Waals surface area contributed by atoms with E-state index in [-0.39, 0.29) is 18.4 Å². The molecule has 0 bridgehead atoms. The van der Waals surface area contributed by atoms with E-state index in [1.807, 2.05) is 49.5 Å². The van der Waals surface area contributed by atoms with Crippen LogP contribution in [0.1, 0.15) is 23.5 Å². The Kier molecular flexibility index (Phi) is 3.85. The van der Waals surface area contributed by atoms with Gasteiger partial charge in [-0.2, -0.15) is 5.10 Å². The van der Waals surface area contributed by atoms with Gasteiger partial charge in [0.1, 0.15) is 5.82 Å². The minimum Gasteiger partial charge on any atom is -0.395 e. The first-order valence-corrected chi connectivity index (χ1v) is 7.34. The van der Waals surface area contributed by atoms with E-state index in [1.54, 1.807) is 4.68 Å². The Balaban J connectivity index is 1.90. The van der Waals surface area contributed by atoms with E-state index in [9.17, 15) is 4.79 Å². The van der Waals surface area contributed by atoms with E-state index in [0.29, 0.717) is 13.0 Å². The maximum absolute atomic E-state index is 11.9. The van der Waals surface area contributed by atoms with Crippen molar-refractivity contribution in [2.45, 2.75) is 12.3 Å². The summed E-state index contributed by atoms with van der Waals surface area (Å²) in [5.41, 5.74) is 3.20. The molecule has 0 spiro atoms. The number of rotatable bonds is 4. The number of anilines is 2. The van der Waals surface area contributed by atoms with E-state index in [2.05, 4.69) is 10.4 Å². The molecule has 116 valence electrons.